The minimum atomic E-state index is -0.302. The summed E-state index contributed by atoms with van der Waals surface area (Å²) in [5, 5.41) is 11.6. The molecule has 0 unspecified atom stereocenters. The molecular formula is C18H20N4O4S. The smallest absolute Gasteiger partial charge is 0.262 e. The van der Waals surface area contributed by atoms with Gasteiger partial charge in [0.15, 0.2) is 16.7 Å². The van der Waals surface area contributed by atoms with E-state index < -0.39 is 0 Å². The van der Waals surface area contributed by atoms with Gasteiger partial charge in [0.1, 0.15) is 17.0 Å². The van der Waals surface area contributed by atoms with Crippen LogP contribution >= 0.6 is 11.3 Å². The molecule has 2 N–H and O–H groups in total. The van der Waals surface area contributed by atoms with Gasteiger partial charge in [-0.05, 0) is 19.1 Å². The zero-order valence-corrected chi connectivity index (χ0v) is 16.3. The summed E-state index contributed by atoms with van der Waals surface area (Å²) >= 11 is 1.29. The second kappa shape index (κ2) is 7.75. The van der Waals surface area contributed by atoms with Gasteiger partial charge in [0.05, 0.1) is 12.2 Å². The van der Waals surface area contributed by atoms with Gasteiger partial charge in [-0.1, -0.05) is 19.0 Å². The number of carbonyl (C=O) groups is 2. The van der Waals surface area contributed by atoms with Gasteiger partial charge in [-0.25, -0.2) is 4.98 Å². The molecule has 0 radical (unpaired) electrons. The monoisotopic (exact) mass is 388 g/mol. The van der Waals surface area contributed by atoms with Crippen molar-refractivity contribution in [1.29, 1.82) is 0 Å². The van der Waals surface area contributed by atoms with Gasteiger partial charge in [0, 0.05) is 18.2 Å². The molecule has 0 saturated carbocycles. The highest BCUT2D eigenvalue weighted by Gasteiger charge is 2.23. The number of aryl methyl sites for hydroxylation is 1. The predicted octanol–water partition coefficient (Wildman–Crippen LogP) is 3.71. The molecule has 142 valence electrons. The normalized spacial score (nSPS) is 11.0. The molecule has 27 heavy (non-hydrogen) atoms. The van der Waals surface area contributed by atoms with E-state index in [1.54, 1.807) is 24.4 Å². The number of thiazole rings is 1. The minimum absolute atomic E-state index is 0.0453. The molecule has 0 aliphatic rings. The van der Waals surface area contributed by atoms with Crippen LogP contribution in [-0.4, -0.2) is 22.0 Å². The Kier molecular flexibility index (Phi) is 5.41. The number of aromatic nitrogens is 2. The van der Waals surface area contributed by atoms with Crippen molar-refractivity contribution in [3.8, 4) is 11.5 Å². The van der Waals surface area contributed by atoms with E-state index in [9.17, 15) is 9.59 Å². The fourth-order valence-corrected chi connectivity index (χ4v) is 3.18. The molecule has 3 aromatic heterocycles. The van der Waals surface area contributed by atoms with Gasteiger partial charge in [0.25, 0.3) is 5.91 Å². The Labute approximate surface area is 160 Å². The maximum atomic E-state index is 12.6. The lowest BCUT2D eigenvalue weighted by molar-refractivity contribution is -0.119. The molecule has 3 rings (SSSR count). The summed E-state index contributed by atoms with van der Waals surface area (Å²) in [7, 11) is 0. The largest absolute Gasteiger partial charge is 0.458 e. The zero-order valence-electron chi connectivity index (χ0n) is 15.5. The zero-order chi connectivity index (χ0) is 19.6. The summed E-state index contributed by atoms with van der Waals surface area (Å²) in [4.78, 5) is 28.0. The Hall–Kier alpha value is -2.94. The third kappa shape index (κ3) is 4.25. The molecule has 2 amide bonds. The molecule has 0 fully saturated rings. The highest BCUT2D eigenvalue weighted by Crippen LogP contribution is 2.28. The van der Waals surface area contributed by atoms with Gasteiger partial charge in [-0.15, -0.1) is 11.3 Å². The molecule has 3 heterocycles. The number of furan rings is 1. The summed E-state index contributed by atoms with van der Waals surface area (Å²) in [6, 6.07) is 3.55. The van der Waals surface area contributed by atoms with E-state index in [0.717, 1.165) is 0 Å². The SMILES string of the molecule is CC(=O)NCc1ccc(-c2csc(NC(=O)c3c(C)noc3C(C)C)n2)o1. The quantitative estimate of drug-likeness (QED) is 0.666. The van der Waals surface area contributed by atoms with Crippen LogP contribution in [0.25, 0.3) is 11.5 Å². The van der Waals surface area contributed by atoms with Crippen molar-refractivity contribution >= 4 is 28.3 Å². The molecule has 0 aliphatic heterocycles. The van der Waals surface area contributed by atoms with E-state index in [1.807, 2.05) is 13.8 Å². The lowest BCUT2D eigenvalue weighted by Gasteiger charge is -2.04. The van der Waals surface area contributed by atoms with Crippen LogP contribution in [0.5, 0.6) is 0 Å². The standard InChI is InChI=1S/C18H20N4O4S/c1-9(2)16-15(10(3)22-26-16)17(24)21-18-20-13(8-27-18)14-6-5-12(25-14)7-19-11(4)23/h5-6,8-9H,7H2,1-4H3,(H,19,23)(H,20,21,24). The average Bonchev–Trinajstić information content (AvgIpc) is 3.31. The molecule has 0 aliphatic carbocycles. The topological polar surface area (TPSA) is 110 Å². The third-order valence-corrected chi connectivity index (χ3v) is 4.55. The van der Waals surface area contributed by atoms with Crippen molar-refractivity contribution in [2.24, 2.45) is 0 Å². The van der Waals surface area contributed by atoms with Crippen LogP contribution in [-0.2, 0) is 11.3 Å². The fraction of sp³-hybridized carbons (Fsp3) is 0.333. The van der Waals surface area contributed by atoms with Crippen molar-refractivity contribution in [2.45, 2.75) is 40.2 Å². The second-order valence-electron chi connectivity index (χ2n) is 6.33. The van der Waals surface area contributed by atoms with Crippen LogP contribution in [0.3, 0.4) is 0 Å². The second-order valence-corrected chi connectivity index (χ2v) is 7.19. The molecular weight excluding hydrogens is 368 g/mol. The number of hydrogen-bond acceptors (Lipinski definition) is 7. The first kappa shape index (κ1) is 18.8. The van der Waals surface area contributed by atoms with Gasteiger partial charge in [-0.3, -0.25) is 14.9 Å². The van der Waals surface area contributed by atoms with E-state index in [1.165, 1.54) is 18.3 Å². The maximum absolute atomic E-state index is 12.6. The summed E-state index contributed by atoms with van der Waals surface area (Å²) in [5.41, 5.74) is 1.59. The van der Waals surface area contributed by atoms with Crippen molar-refractivity contribution < 1.29 is 18.5 Å². The van der Waals surface area contributed by atoms with Crippen LogP contribution in [0.15, 0.2) is 26.5 Å². The Morgan fingerprint density at radius 1 is 1.30 bits per heavy atom. The van der Waals surface area contributed by atoms with E-state index in [2.05, 4.69) is 20.8 Å². The molecule has 9 heteroatoms. The molecule has 8 nitrogen and oxygen atoms in total. The van der Waals surface area contributed by atoms with Crippen molar-refractivity contribution in [1.82, 2.24) is 15.5 Å². The lowest BCUT2D eigenvalue weighted by atomic mass is 10.0. The number of nitrogens with one attached hydrogen (secondary N) is 2. The predicted molar refractivity (Wildman–Crippen MR) is 101 cm³/mol. The van der Waals surface area contributed by atoms with Crippen molar-refractivity contribution in [3.63, 3.8) is 0 Å². The fourth-order valence-electron chi connectivity index (χ4n) is 2.48. The number of nitrogens with zero attached hydrogens (tertiary/aromatic N) is 2. The molecule has 0 atom stereocenters. The van der Waals surface area contributed by atoms with Gasteiger partial charge < -0.3 is 14.3 Å². The molecule has 0 bridgehead atoms. The number of hydrogen-bond donors (Lipinski definition) is 2. The van der Waals surface area contributed by atoms with Crippen LogP contribution in [0.4, 0.5) is 5.13 Å². The number of carbonyl (C=O) groups excluding carboxylic acids is 2. The first-order valence-corrected chi connectivity index (χ1v) is 9.29. The highest BCUT2D eigenvalue weighted by atomic mass is 32.1. The van der Waals surface area contributed by atoms with Crippen molar-refractivity contribution in [3.05, 3.63) is 40.3 Å². The summed E-state index contributed by atoms with van der Waals surface area (Å²) in [5.74, 6) is 1.36. The molecule has 0 aromatic carbocycles. The summed E-state index contributed by atoms with van der Waals surface area (Å²) in [6.45, 7) is 7.37. The van der Waals surface area contributed by atoms with E-state index in [4.69, 9.17) is 8.94 Å². The van der Waals surface area contributed by atoms with Gasteiger partial charge in [-0.2, -0.15) is 0 Å². The van der Waals surface area contributed by atoms with Crippen molar-refractivity contribution in [2.75, 3.05) is 5.32 Å². The average molecular weight is 388 g/mol. The third-order valence-electron chi connectivity index (χ3n) is 3.79. The first-order chi connectivity index (χ1) is 12.8. The molecule has 0 spiro atoms. The van der Waals surface area contributed by atoms with Crippen LogP contribution in [0.1, 0.15) is 54.3 Å². The Bertz CT molecular complexity index is 970. The van der Waals surface area contributed by atoms with E-state index in [0.29, 0.717) is 45.9 Å². The maximum Gasteiger partial charge on any atom is 0.262 e. The Morgan fingerprint density at radius 2 is 2.07 bits per heavy atom. The van der Waals surface area contributed by atoms with E-state index >= 15 is 0 Å². The van der Waals surface area contributed by atoms with Crippen LogP contribution in [0.2, 0.25) is 0 Å². The molecule has 3 aromatic rings. The van der Waals surface area contributed by atoms with Crippen LogP contribution < -0.4 is 10.6 Å². The summed E-state index contributed by atoms with van der Waals surface area (Å²) in [6.07, 6.45) is 0. The number of amides is 2. The minimum Gasteiger partial charge on any atom is -0.458 e. The molecule has 0 saturated heterocycles. The Balaban J connectivity index is 1.72. The first-order valence-electron chi connectivity index (χ1n) is 8.41. The van der Waals surface area contributed by atoms with Crippen LogP contribution in [0, 0.1) is 6.92 Å². The van der Waals surface area contributed by atoms with Gasteiger partial charge >= 0.3 is 0 Å². The lowest BCUT2D eigenvalue weighted by Crippen LogP contribution is -2.18. The summed E-state index contributed by atoms with van der Waals surface area (Å²) < 4.78 is 10.9. The Morgan fingerprint density at radius 3 is 2.78 bits per heavy atom. The number of rotatable bonds is 6. The highest BCUT2D eigenvalue weighted by molar-refractivity contribution is 7.14. The van der Waals surface area contributed by atoms with Gasteiger partial charge in [0.2, 0.25) is 5.91 Å². The number of anilines is 1. The van der Waals surface area contributed by atoms with E-state index in [-0.39, 0.29) is 17.7 Å².